The molecule has 0 aliphatic carbocycles. The molecule has 156 valence electrons. The summed E-state index contributed by atoms with van der Waals surface area (Å²) in [5.41, 5.74) is 1.06. The van der Waals surface area contributed by atoms with E-state index in [-0.39, 0.29) is 28.8 Å². The second-order valence-electron chi connectivity index (χ2n) is 6.50. The molecule has 10 nitrogen and oxygen atoms in total. The van der Waals surface area contributed by atoms with Gasteiger partial charge < -0.3 is 16.0 Å². The van der Waals surface area contributed by atoms with E-state index in [0.717, 1.165) is 11.8 Å². The van der Waals surface area contributed by atoms with Crippen molar-refractivity contribution in [3.05, 3.63) is 59.5 Å². The zero-order chi connectivity index (χ0) is 24.2. The lowest BCUT2D eigenvalue weighted by Crippen LogP contribution is -2.22. The monoisotopic (exact) mass is 430 g/mol. The van der Waals surface area contributed by atoms with Gasteiger partial charge in [-0.2, -0.15) is 0 Å². The highest BCUT2D eigenvalue weighted by Crippen LogP contribution is 2.25. The van der Waals surface area contributed by atoms with Gasteiger partial charge in [-0.1, -0.05) is 6.07 Å². The Hall–Kier alpha value is -3.60. The minimum Gasteiger partial charge on any atom is -0.354 e. The molecule has 0 atom stereocenters. The number of nitrogens with one attached hydrogen (secondary N) is 3. The molecule has 0 aliphatic rings. The number of amides is 1. The Morgan fingerprint density at radius 2 is 1.93 bits per heavy atom. The molecule has 0 saturated carbocycles. The van der Waals surface area contributed by atoms with Gasteiger partial charge in [0.25, 0.3) is 5.91 Å². The van der Waals surface area contributed by atoms with Crippen LogP contribution in [0.3, 0.4) is 0 Å². The Labute approximate surface area is 178 Å². The van der Waals surface area contributed by atoms with E-state index in [1.54, 1.807) is 24.4 Å². The van der Waals surface area contributed by atoms with Gasteiger partial charge in [0.1, 0.15) is 11.6 Å². The normalized spacial score (nSPS) is 12.9. The highest BCUT2D eigenvalue weighted by Gasteiger charge is 2.17. The minimum absolute atomic E-state index is 0.0651. The number of sulfone groups is 1. The summed E-state index contributed by atoms with van der Waals surface area (Å²) < 4.78 is 45.4. The van der Waals surface area contributed by atoms with Crippen LogP contribution >= 0.6 is 0 Å². The number of rotatable bonds is 7. The van der Waals surface area contributed by atoms with Gasteiger partial charge in [-0.05, 0) is 30.7 Å². The maximum Gasteiger partial charge on any atom is 0.273 e. The smallest absolute Gasteiger partial charge is 0.273 e. The molecule has 3 N–H and O–H groups in total. The predicted octanol–water partition coefficient (Wildman–Crippen LogP) is 1.97. The first-order valence-corrected chi connectivity index (χ1v) is 10.7. The zero-order valence-electron chi connectivity index (χ0n) is 19.2. The van der Waals surface area contributed by atoms with Gasteiger partial charge in [0.2, 0.25) is 0 Å². The molecule has 1 amide bonds. The molecular weight excluding hydrogens is 406 g/mol. The Morgan fingerprint density at radius 3 is 2.67 bits per heavy atom. The predicted molar refractivity (Wildman–Crippen MR) is 114 cm³/mol. The van der Waals surface area contributed by atoms with E-state index >= 15 is 0 Å². The van der Waals surface area contributed by atoms with Gasteiger partial charge in [-0.15, -0.1) is 10.2 Å². The number of hydrogen-bond acceptors (Lipinski definition) is 9. The lowest BCUT2D eigenvalue weighted by Gasteiger charge is -2.14. The number of aromatic nitrogens is 4. The van der Waals surface area contributed by atoms with E-state index in [4.69, 9.17) is 4.11 Å². The van der Waals surface area contributed by atoms with Gasteiger partial charge in [-0.25, -0.2) is 18.4 Å². The zero-order valence-corrected chi connectivity index (χ0v) is 17.0. The highest BCUT2D eigenvalue weighted by atomic mass is 32.2. The van der Waals surface area contributed by atoms with Crippen LogP contribution in [0.1, 0.15) is 25.7 Å². The molecule has 0 bridgehead atoms. The minimum atomic E-state index is -3.38. The summed E-state index contributed by atoms with van der Waals surface area (Å²) in [7, 11) is -3.38. The Morgan fingerprint density at radius 1 is 1.10 bits per heavy atom. The van der Waals surface area contributed by atoms with Gasteiger partial charge >= 0.3 is 0 Å². The second kappa shape index (κ2) is 8.82. The summed E-state index contributed by atoms with van der Waals surface area (Å²) in [5, 5.41) is 15.5. The summed E-state index contributed by atoms with van der Waals surface area (Å²) in [5.74, 6) is -0.437. The van der Waals surface area contributed by atoms with Crippen LogP contribution in [0.25, 0.3) is 0 Å². The van der Waals surface area contributed by atoms with Crippen molar-refractivity contribution in [2.75, 3.05) is 23.9 Å². The number of anilines is 4. The maximum absolute atomic E-state index is 12.5. The van der Waals surface area contributed by atoms with Crippen LogP contribution in [0.15, 0.2) is 42.7 Å². The maximum atomic E-state index is 12.5. The second-order valence-corrected chi connectivity index (χ2v) is 8.64. The molecule has 0 saturated heterocycles. The van der Waals surface area contributed by atoms with Crippen molar-refractivity contribution in [3.8, 4) is 0 Å². The van der Waals surface area contributed by atoms with Crippen LogP contribution in [-0.2, 0) is 15.6 Å². The molecule has 3 aromatic rings. The van der Waals surface area contributed by atoms with Crippen LogP contribution in [0.2, 0.25) is 0 Å². The summed E-state index contributed by atoms with van der Waals surface area (Å²) in [6.07, 6.45) is 4.14. The Bertz CT molecular complexity index is 1280. The van der Waals surface area contributed by atoms with Crippen LogP contribution in [-0.4, -0.2) is 47.7 Å². The fourth-order valence-electron chi connectivity index (χ4n) is 2.59. The first kappa shape index (κ1) is 17.3. The SMILES string of the molecule is [2H]C([2H])([2H])NC(=O)c1nnc(Nc2cc(C)ccn2)cc1Nc1ncccc1CS(C)(=O)=O. The lowest BCUT2D eigenvalue weighted by molar-refractivity contribution is 0.0958. The van der Waals surface area contributed by atoms with Gasteiger partial charge in [0.15, 0.2) is 21.3 Å². The van der Waals surface area contributed by atoms with Crippen molar-refractivity contribution >= 4 is 38.9 Å². The average molecular weight is 431 g/mol. The quantitative estimate of drug-likeness (QED) is 0.513. The number of hydrogen-bond donors (Lipinski definition) is 3. The third-order valence-corrected chi connectivity index (χ3v) is 4.69. The molecule has 0 unspecified atom stereocenters. The van der Waals surface area contributed by atoms with Crippen molar-refractivity contribution in [1.82, 2.24) is 25.5 Å². The highest BCUT2D eigenvalue weighted by molar-refractivity contribution is 7.89. The first-order valence-electron chi connectivity index (χ1n) is 10.2. The molecule has 0 fully saturated rings. The standard InChI is InChI=1S/C19H21N7O3S/c1-12-6-8-21-15(9-12)24-16-10-14(17(26-25-16)19(27)20-2)23-18-13(5-4-7-22-18)11-30(3,28)29/h4-10H,11H2,1-3H3,(H,20,27)(H2,21,22,23,24,25)/i2D3. The summed E-state index contributed by atoms with van der Waals surface area (Å²) in [6, 6.07) is 8.16. The molecule has 3 heterocycles. The summed E-state index contributed by atoms with van der Waals surface area (Å²) in [6.45, 7) is -0.858. The molecule has 0 spiro atoms. The van der Waals surface area contributed by atoms with E-state index in [1.165, 1.54) is 12.3 Å². The molecule has 3 aromatic heterocycles. The van der Waals surface area contributed by atoms with E-state index in [0.29, 0.717) is 11.4 Å². The molecule has 30 heavy (non-hydrogen) atoms. The number of aryl methyl sites for hydroxylation is 1. The van der Waals surface area contributed by atoms with E-state index < -0.39 is 22.7 Å². The number of carbonyl (C=O) groups is 1. The average Bonchev–Trinajstić information content (AvgIpc) is 2.67. The summed E-state index contributed by atoms with van der Waals surface area (Å²) in [4.78, 5) is 20.9. The van der Waals surface area contributed by atoms with Crippen molar-refractivity contribution in [2.24, 2.45) is 0 Å². The van der Waals surface area contributed by atoms with Crippen LogP contribution in [0.4, 0.5) is 23.1 Å². The molecule has 0 radical (unpaired) electrons. The van der Waals surface area contributed by atoms with Gasteiger partial charge in [0.05, 0.1) is 11.4 Å². The van der Waals surface area contributed by atoms with Crippen LogP contribution in [0.5, 0.6) is 0 Å². The van der Waals surface area contributed by atoms with Gasteiger partial charge in [-0.3, -0.25) is 4.79 Å². The van der Waals surface area contributed by atoms with E-state index in [9.17, 15) is 13.2 Å². The molecule has 11 heteroatoms. The largest absolute Gasteiger partial charge is 0.354 e. The van der Waals surface area contributed by atoms with E-state index in [1.807, 2.05) is 18.3 Å². The molecule has 0 aromatic carbocycles. The first-order chi connectivity index (χ1) is 15.4. The fourth-order valence-corrected chi connectivity index (χ4v) is 3.39. The van der Waals surface area contributed by atoms with Crippen LogP contribution in [0, 0.1) is 6.92 Å². The summed E-state index contributed by atoms with van der Waals surface area (Å²) >= 11 is 0. The molecular formula is C19H21N7O3S. The molecule has 0 aliphatic heterocycles. The Balaban J connectivity index is 2.02. The van der Waals surface area contributed by atoms with Crippen molar-refractivity contribution in [3.63, 3.8) is 0 Å². The van der Waals surface area contributed by atoms with Crippen molar-refractivity contribution in [2.45, 2.75) is 12.7 Å². The topological polar surface area (TPSA) is 139 Å². The number of nitrogens with zero attached hydrogens (tertiary/aromatic N) is 4. The van der Waals surface area contributed by atoms with Crippen LogP contribution < -0.4 is 16.0 Å². The van der Waals surface area contributed by atoms with Crippen molar-refractivity contribution < 1.29 is 17.3 Å². The molecule has 3 rings (SSSR count). The lowest BCUT2D eigenvalue weighted by atomic mass is 10.2. The number of pyridine rings is 2. The van der Waals surface area contributed by atoms with Crippen molar-refractivity contribution in [1.29, 1.82) is 0 Å². The fraction of sp³-hybridized carbons (Fsp3) is 0.211. The third-order valence-electron chi connectivity index (χ3n) is 3.86. The van der Waals surface area contributed by atoms with E-state index in [2.05, 4.69) is 30.8 Å². The third kappa shape index (κ3) is 5.47. The Kier molecular flexibility index (Phi) is 5.08. The van der Waals surface area contributed by atoms with Gasteiger partial charge in [0, 0.05) is 41.4 Å². The number of carbonyl (C=O) groups excluding carboxylic acids is 1.